The molecule has 1 aliphatic heterocycles. The number of hydrogen-bond acceptors (Lipinski definition) is 5. The van der Waals surface area contributed by atoms with E-state index in [-0.39, 0.29) is 10.6 Å². The van der Waals surface area contributed by atoms with Crippen molar-refractivity contribution >= 4 is 15.7 Å². The summed E-state index contributed by atoms with van der Waals surface area (Å²) >= 11 is 0. The largest absolute Gasteiger partial charge is 0.342 e. The molecule has 1 aromatic heterocycles. The lowest BCUT2D eigenvalue weighted by Crippen LogP contribution is -2.56. The van der Waals surface area contributed by atoms with Crippen molar-refractivity contribution in [3.63, 3.8) is 0 Å². The highest BCUT2D eigenvalue weighted by atomic mass is 32.2. The molecule has 8 heteroatoms. The second kappa shape index (κ2) is 6.03. The van der Waals surface area contributed by atoms with E-state index in [1.165, 1.54) is 30.2 Å². The number of aromatic nitrogens is 3. The Bertz CT molecular complexity index is 819. The summed E-state index contributed by atoms with van der Waals surface area (Å²) in [5.74, 6) is 2.55. The Kier molecular flexibility index (Phi) is 3.94. The van der Waals surface area contributed by atoms with Crippen LogP contribution in [0.25, 0.3) is 0 Å². The highest BCUT2D eigenvalue weighted by Gasteiger charge is 2.55. The summed E-state index contributed by atoms with van der Waals surface area (Å²) in [5, 5.41) is 7.05. The Hall–Kier alpha value is -1.44. The molecule has 4 aliphatic carbocycles. The van der Waals surface area contributed by atoms with Gasteiger partial charge in [-0.1, -0.05) is 0 Å². The number of sulfone groups is 1. The SMILES string of the molecule is Cn1cnnc1S(=O)(=O)C1CCN(C(=O)C23CC4CC(CC(C4)C2)C3)CC1. The Morgan fingerprint density at radius 3 is 2.11 bits per heavy atom. The van der Waals surface area contributed by atoms with Gasteiger partial charge in [0.25, 0.3) is 0 Å². The molecule has 0 N–H and O–H groups in total. The third-order valence-corrected chi connectivity index (χ3v) is 9.81. The molecule has 5 aliphatic rings. The van der Waals surface area contributed by atoms with E-state index < -0.39 is 15.1 Å². The third kappa shape index (κ3) is 2.74. The van der Waals surface area contributed by atoms with Crippen molar-refractivity contribution in [1.29, 1.82) is 0 Å². The number of amides is 1. The van der Waals surface area contributed by atoms with Crippen LogP contribution in [0.1, 0.15) is 51.4 Å². The van der Waals surface area contributed by atoms with Crippen molar-refractivity contribution in [2.45, 2.75) is 61.8 Å². The first kappa shape index (κ1) is 17.6. The van der Waals surface area contributed by atoms with Gasteiger partial charge in [0.15, 0.2) is 0 Å². The van der Waals surface area contributed by atoms with Gasteiger partial charge in [-0.25, -0.2) is 8.42 Å². The minimum absolute atomic E-state index is 0.0355. The summed E-state index contributed by atoms with van der Waals surface area (Å²) in [6.45, 7) is 1.09. The van der Waals surface area contributed by atoms with E-state index in [1.807, 2.05) is 4.90 Å². The fraction of sp³-hybridized carbons (Fsp3) is 0.842. The predicted molar refractivity (Wildman–Crippen MR) is 98.4 cm³/mol. The molecule has 7 nitrogen and oxygen atoms in total. The molecule has 1 aromatic rings. The van der Waals surface area contributed by atoms with Gasteiger partial charge in [0, 0.05) is 20.1 Å². The van der Waals surface area contributed by atoms with Crippen LogP contribution in [0.5, 0.6) is 0 Å². The highest BCUT2D eigenvalue weighted by molar-refractivity contribution is 7.91. The van der Waals surface area contributed by atoms with Crippen LogP contribution in [0.3, 0.4) is 0 Å². The number of carbonyl (C=O) groups is 1. The summed E-state index contributed by atoms with van der Waals surface area (Å²) in [5.41, 5.74) is -0.135. The van der Waals surface area contributed by atoms with Gasteiger partial charge in [0.1, 0.15) is 6.33 Å². The van der Waals surface area contributed by atoms with Crippen LogP contribution in [0, 0.1) is 23.2 Å². The zero-order valence-corrected chi connectivity index (χ0v) is 16.7. The van der Waals surface area contributed by atoms with Crippen LogP contribution in [0.15, 0.2) is 11.5 Å². The predicted octanol–water partition coefficient (Wildman–Crippen LogP) is 1.80. The van der Waals surface area contributed by atoms with Gasteiger partial charge < -0.3 is 9.47 Å². The highest BCUT2D eigenvalue weighted by Crippen LogP contribution is 2.60. The van der Waals surface area contributed by atoms with E-state index in [1.54, 1.807) is 7.05 Å². The van der Waals surface area contributed by atoms with Crippen LogP contribution in [-0.4, -0.2) is 52.3 Å². The Morgan fingerprint density at radius 2 is 1.63 bits per heavy atom. The molecule has 1 amide bonds. The van der Waals surface area contributed by atoms with Gasteiger partial charge in [-0.05, 0) is 69.1 Å². The lowest BCUT2D eigenvalue weighted by atomic mass is 9.49. The van der Waals surface area contributed by atoms with Crippen molar-refractivity contribution < 1.29 is 13.2 Å². The topological polar surface area (TPSA) is 85.2 Å². The fourth-order valence-corrected chi connectivity index (χ4v) is 8.50. The van der Waals surface area contributed by atoms with Gasteiger partial charge in [-0.3, -0.25) is 4.79 Å². The molecule has 1 saturated heterocycles. The lowest BCUT2D eigenvalue weighted by molar-refractivity contribution is -0.158. The standard InChI is InChI=1S/C19H28N4O3S/c1-22-12-20-21-18(22)27(25,26)16-2-4-23(5-3-16)17(24)19-9-13-6-14(10-19)8-15(7-13)11-19/h12-16H,2-11H2,1H3. The van der Waals surface area contributed by atoms with Crippen LogP contribution >= 0.6 is 0 Å². The molecule has 4 bridgehead atoms. The zero-order chi connectivity index (χ0) is 18.8. The summed E-state index contributed by atoms with van der Waals surface area (Å²) < 4.78 is 27.1. The maximum absolute atomic E-state index is 13.4. The minimum atomic E-state index is -3.49. The Labute approximate surface area is 160 Å². The molecule has 5 fully saturated rings. The van der Waals surface area contributed by atoms with Gasteiger partial charge in [0.2, 0.25) is 20.9 Å². The van der Waals surface area contributed by atoms with Gasteiger partial charge in [-0.2, -0.15) is 0 Å². The van der Waals surface area contributed by atoms with E-state index in [2.05, 4.69) is 10.2 Å². The monoisotopic (exact) mass is 392 g/mol. The molecule has 4 saturated carbocycles. The average Bonchev–Trinajstić information content (AvgIpc) is 3.07. The Balaban J connectivity index is 1.28. The molecule has 2 heterocycles. The van der Waals surface area contributed by atoms with Crippen LogP contribution in [0.4, 0.5) is 0 Å². The fourth-order valence-electron chi connectivity index (χ4n) is 6.76. The van der Waals surface area contributed by atoms with E-state index in [0.717, 1.165) is 37.0 Å². The van der Waals surface area contributed by atoms with Crippen molar-refractivity contribution in [3.8, 4) is 0 Å². The summed E-state index contributed by atoms with van der Waals surface area (Å²) in [6.07, 6.45) is 9.57. The van der Waals surface area contributed by atoms with Crippen LogP contribution in [0.2, 0.25) is 0 Å². The molecule has 0 atom stereocenters. The molecule has 148 valence electrons. The number of aryl methyl sites for hydroxylation is 1. The summed E-state index contributed by atoms with van der Waals surface area (Å²) in [6, 6.07) is 0. The number of likely N-dealkylation sites (tertiary alicyclic amines) is 1. The first-order valence-electron chi connectivity index (χ1n) is 10.2. The van der Waals surface area contributed by atoms with E-state index in [4.69, 9.17) is 0 Å². The van der Waals surface area contributed by atoms with Gasteiger partial charge in [-0.15, -0.1) is 10.2 Å². The molecular formula is C19H28N4O3S. The second-order valence-corrected chi connectivity index (χ2v) is 11.6. The van der Waals surface area contributed by atoms with Crippen molar-refractivity contribution in [2.75, 3.05) is 13.1 Å². The van der Waals surface area contributed by atoms with Crippen molar-refractivity contribution in [1.82, 2.24) is 19.7 Å². The summed E-state index contributed by atoms with van der Waals surface area (Å²) in [4.78, 5) is 15.4. The molecule has 6 rings (SSSR count). The third-order valence-electron chi connectivity index (χ3n) is 7.58. The van der Waals surface area contributed by atoms with Crippen LogP contribution in [-0.2, 0) is 21.7 Å². The number of carbonyl (C=O) groups excluding carboxylic acids is 1. The van der Waals surface area contributed by atoms with E-state index >= 15 is 0 Å². The summed E-state index contributed by atoms with van der Waals surface area (Å²) in [7, 11) is -1.84. The maximum atomic E-state index is 13.4. The van der Waals surface area contributed by atoms with Gasteiger partial charge >= 0.3 is 0 Å². The lowest BCUT2D eigenvalue weighted by Gasteiger charge is -2.57. The number of hydrogen-bond donors (Lipinski definition) is 0. The van der Waals surface area contributed by atoms with Gasteiger partial charge in [0.05, 0.1) is 10.7 Å². The Morgan fingerprint density at radius 1 is 1.07 bits per heavy atom. The maximum Gasteiger partial charge on any atom is 0.249 e. The van der Waals surface area contributed by atoms with E-state index in [0.29, 0.717) is 31.8 Å². The van der Waals surface area contributed by atoms with E-state index in [9.17, 15) is 13.2 Å². The number of rotatable bonds is 3. The quantitative estimate of drug-likeness (QED) is 0.783. The zero-order valence-electron chi connectivity index (χ0n) is 15.9. The average molecular weight is 393 g/mol. The van der Waals surface area contributed by atoms with Crippen LogP contribution < -0.4 is 0 Å². The normalized spacial score (nSPS) is 36.3. The number of piperidine rings is 1. The minimum Gasteiger partial charge on any atom is -0.342 e. The molecular weight excluding hydrogens is 364 g/mol. The number of nitrogens with zero attached hydrogens (tertiary/aromatic N) is 4. The first-order chi connectivity index (χ1) is 12.9. The molecule has 0 radical (unpaired) electrons. The second-order valence-electron chi connectivity index (χ2n) is 9.46. The molecule has 27 heavy (non-hydrogen) atoms. The van der Waals surface area contributed by atoms with Crippen molar-refractivity contribution in [3.05, 3.63) is 6.33 Å². The first-order valence-corrected chi connectivity index (χ1v) is 11.8. The molecule has 0 unspecified atom stereocenters. The molecule has 0 aromatic carbocycles. The smallest absolute Gasteiger partial charge is 0.249 e. The molecule has 0 spiro atoms. The van der Waals surface area contributed by atoms with Crippen molar-refractivity contribution in [2.24, 2.45) is 30.2 Å².